The fourth-order valence-electron chi connectivity index (χ4n) is 1.79. The number of hydrogen-bond donors (Lipinski definition) is 1. The van der Waals surface area contributed by atoms with Gasteiger partial charge in [-0.15, -0.1) is 0 Å². The maximum Gasteiger partial charge on any atom is 0.352 e. The second-order valence-electron chi connectivity index (χ2n) is 4.05. The minimum atomic E-state index is -1.09. The number of ketones is 1. The van der Waals surface area contributed by atoms with Crippen molar-refractivity contribution in [2.75, 3.05) is 7.11 Å². The Morgan fingerprint density at radius 2 is 2.00 bits per heavy atom. The van der Waals surface area contributed by atoms with Crippen LogP contribution in [0.3, 0.4) is 0 Å². The Bertz CT molecular complexity index is 643. The van der Waals surface area contributed by atoms with Crippen LogP contribution in [0.4, 0.5) is 0 Å². The van der Waals surface area contributed by atoms with Crippen LogP contribution >= 0.6 is 0 Å². The molecule has 19 heavy (non-hydrogen) atoms. The summed E-state index contributed by atoms with van der Waals surface area (Å²) in [6.07, 6.45) is 1.51. The van der Waals surface area contributed by atoms with Crippen molar-refractivity contribution in [2.45, 2.75) is 6.92 Å². The van der Waals surface area contributed by atoms with Crippen LogP contribution in [0.15, 0.2) is 36.5 Å². The van der Waals surface area contributed by atoms with Gasteiger partial charge in [0.1, 0.15) is 11.4 Å². The maximum absolute atomic E-state index is 11.4. The van der Waals surface area contributed by atoms with Gasteiger partial charge < -0.3 is 14.4 Å². The van der Waals surface area contributed by atoms with Gasteiger partial charge in [-0.1, -0.05) is 6.07 Å². The molecule has 0 radical (unpaired) electrons. The first-order chi connectivity index (χ1) is 9.02. The summed E-state index contributed by atoms with van der Waals surface area (Å²) in [6, 6.07) is 8.34. The predicted octanol–water partition coefficient (Wildman–Crippen LogP) is 2.39. The Hall–Kier alpha value is -2.56. The molecule has 0 saturated heterocycles. The molecule has 0 bridgehead atoms. The highest BCUT2D eigenvalue weighted by Crippen LogP contribution is 2.20. The Morgan fingerprint density at radius 1 is 1.26 bits per heavy atom. The Morgan fingerprint density at radius 3 is 2.58 bits per heavy atom. The van der Waals surface area contributed by atoms with Crippen molar-refractivity contribution in [3.63, 3.8) is 0 Å². The average Bonchev–Trinajstić information content (AvgIpc) is 2.84. The van der Waals surface area contributed by atoms with Gasteiger partial charge in [-0.3, -0.25) is 4.79 Å². The summed E-state index contributed by atoms with van der Waals surface area (Å²) < 4.78 is 6.56. The summed E-state index contributed by atoms with van der Waals surface area (Å²) in [5.41, 5.74) is 1.03. The first-order valence-electron chi connectivity index (χ1n) is 5.64. The van der Waals surface area contributed by atoms with Crippen molar-refractivity contribution < 1.29 is 19.4 Å². The van der Waals surface area contributed by atoms with Crippen LogP contribution in [0, 0.1) is 0 Å². The molecule has 2 rings (SSSR count). The number of aromatic carboxylic acids is 1. The van der Waals surface area contributed by atoms with Crippen LogP contribution in [0.5, 0.6) is 5.75 Å². The quantitative estimate of drug-likeness (QED) is 0.856. The summed E-state index contributed by atoms with van der Waals surface area (Å²) in [4.78, 5) is 22.6. The third-order valence-electron chi connectivity index (χ3n) is 2.78. The van der Waals surface area contributed by atoms with Crippen LogP contribution in [-0.2, 0) is 0 Å². The maximum atomic E-state index is 11.4. The average molecular weight is 259 g/mol. The Balaban J connectivity index is 2.59. The van der Waals surface area contributed by atoms with Gasteiger partial charge in [0, 0.05) is 23.5 Å². The molecule has 0 aliphatic rings. The summed E-state index contributed by atoms with van der Waals surface area (Å²) >= 11 is 0. The van der Waals surface area contributed by atoms with Gasteiger partial charge in [0.05, 0.1) is 7.11 Å². The first kappa shape index (κ1) is 12.9. The van der Waals surface area contributed by atoms with Crippen molar-refractivity contribution in [3.8, 4) is 11.4 Å². The minimum Gasteiger partial charge on any atom is -0.497 e. The number of hydrogen-bond acceptors (Lipinski definition) is 3. The topological polar surface area (TPSA) is 68.5 Å². The SMILES string of the molecule is COc1cccc(-n2cc(C(C)=O)cc2C(=O)O)c1. The van der Waals surface area contributed by atoms with E-state index in [1.54, 1.807) is 24.3 Å². The van der Waals surface area contributed by atoms with E-state index < -0.39 is 5.97 Å². The van der Waals surface area contributed by atoms with E-state index in [0.717, 1.165) is 0 Å². The fraction of sp³-hybridized carbons (Fsp3) is 0.143. The largest absolute Gasteiger partial charge is 0.497 e. The lowest BCUT2D eigenvalue weighted by molar-refractivity contribution is 0.0688. The molecule has 0 unspecified atom stereocenters. The number of Topliss-reactive ketones (excluding diaryl/α,β-unsaturated/α-hetero) is 1. The van der Waals surface area contributed by atoms with Gasteiger partial charge in [0.15, 0.2) is 5.78 Å². The van der Waals surface area contributed by atoms with E-state index in [4.69, 9.17) is 4.74 Å². The molecule has 1 heterocycles. The highest BCUT2D eigenvalue weighted by atomic mass is 16.5. The second-order valence-corrected chi connectivity index (χ2v) is 4.05. The van der Waals surface area contributed by atoms with E-state index in [0.29, 0.717) is 17.0 Å². The Labute approximate surface area is 110 Å². The molecule has 0 amide bonds. The number of nitrogens with zero attached hydrogens (tertiary/aromatic N) is 1. The van der Waals surface area contributed by atoms with E-state index in [2.05, 4.69) is 0 Å². The highest BCUT2D eigenvalue weighted by molar-refractivity contribution is 5.97. The fourth-order valence-corrected chi connectivity index (χ4v) is 1.79. The summed E-state index contributed by atoms with van der Waals surface area (Å²) in [7, 11) is 1.54. The molecule has 1 aromatic carbocycles. The zero-order valence-electron chi connectivity index (χ0n) is 10.6. The first-order valence-corrected chi connectivity index (χ1v) is 5.64. The van der Waals surface area contributed by atoms with E-state index in [-0.39, 0.29) is 11.5 Å². The number of rotatable bonds is 4. The molecular weight excluding hydrogens is 246 g/mol. The van der Waals surface area contributed by atoms with Crippen LogP contribution in [0.25, 0.3) is 5.69 Å². The molecule has 5 nitrogen and oxygen atoms in total. The predicted molar refractivity (Wildman–Crippen MR) is 69.3 cm³/mol. The lowest BCUT2D eigenvalue weighted by Gasteiger charge is -2.07. The van der Waals surface area contributed by atoms with E-state index in [1.165, 1.54) is 30.9 Å². The number of carbonyl (C=O) groups is 2. The van der Waals surface area contributed by atoms with Gasteiger partial charge in [-0.2, -0.15) is 0 Å². The van der Waals surface area contributed by atoms with Crippen LogP contribution in [0.1, 0.15) is 27.8 Å². The zero-order chi connectivity index (χ0) is 14.0. The van der Waals surface area contributed by atoms with E-state index in [9.17, 15) is 14.7 Å². The number of benzene rings is 1. The molecule has 0 aliphatic heterocycles. The molecular formula is C14H13NO4. The van der Waals surface area contributed by atoms with Gasteiger partial charge in [0.25, 0.3) is 0 Å². The molecule has 0 atom stereocenters. The van der Waals surface area contributed by atoms with Crippen molar-refractivity contribution >= 4 is 11.8 Å². The smallest absolute Gasteiger partial charge is 0.352 e. The van der Waals surface area contributed by atoms with Crippen LogP contribution in [-0.4, -0.2) is 28.5 Å². The normalized spacial score (nSPS) is 10.2. The molecule has 0 aliphatic carbocycles. The van der Waals surface area contributed by atoms with Gasteiger partial charge in [-0.05, 0) is 25.1 Å². The summed E-state index contributed by atoms with van der Waals surface area (Å²) in [5, 5.41) is 9.19. The monoisotopic (exact) mass is 259 g/mol. The molecule has 0 saturated carbocycles. The molecule has 1 aromatic heterocycles. The number of aromatic nitrogens is 1. The lowest BCUT2D eigenvalue weighted by atomic mass is 10.2. The van der Waals surface area contributed by atoms with Crippen molar-refractivity contribution in [2.24, 2.45) is 0 Å². The number of carboxylic acid groups (broad SMARTS) is 1. The number of methoxy groups -OCH3 is 1. The number of ether oxygens (including phenoxy) is 1. The lowest BCUT2D eigenvalue weighted by Crippen LogP contribution is -2.05. The molecule has 5 heteroatoms. The van der Waals surface area contributed by atoms with Crippen molar-refractivity contribution in [1.82, 2.24) is 4.57 Å². The molecule has 0 fully saturated rings. The minimum absolute atomic E-state index is 0.0402. The Kier molecular flexibility index (Phi) is 3.37. The number of carbonyl (C=O) groups excluding carboxylic acids is 1. The van der Waals surface area contributed by atoms with E-state index in [1.807, 2.05) is 0 Å². The van der Waals surface area contributed by atoms with E-state index >= 15 is 0 Å². The van der Waals surface area contributed by atoms with Crippen molar-refractivity contribution in [3.05, 3.63) is 47.8 Å². The van der Waals surface area contributed by atoms with Crippen LogP contribution in [0.2, 0.25) is 0 Å². The standard InChI is InChI=1S/C14H13NO4/c1-9(16)10-6-13(14(17)18)15(8-10)11-4-3-5-12(7-11)19-2/h3-8H,1-2H3,(H,17,18). The van der Waals surface area contributed by atoms with Gasteiger partial charge in [0.2, 0.25) is 0 Å². The molecule has 0 spiro atoms. The molecule has 2 aromatic rings. The van der Waals surface area contributed by atoms with Gasteiger partial charge in [-0.25, -0.2) is 4.79 Å². The third kappa shape index (κ3) is 2.49. The summed E-state index contributed by atoms with van der Waals surface area (Å²) in [5.74, 6) is -0.647. The summed E-state index contributed by atoms with van der Waals surface area (Å²) in [6.45, 7) is 1.40. The zero-order valence-corrected chi connectivity index (χ0v) is 10.6. The number of carboxylic acids is 1. The van der Waals surface area contributed by atoms with Gasteiger partial charge >= 0.3 is 5.97 Å². The van der Waals surface area contributed by atoms with Crippen LogP contribution < -0.4 is 4.74 Å². The molecule has 98 valence electrons. The highest BCUT2D eigenvalue weighted by Gasteiger charge is 2.16. The third-order valence-corrected chi connectivity index (χ3v) is 2.78. The molecule has 1 N–H and O–H groups in total. The van der Waals surface area contributed by atoms with Crippen molar-refractivity contribution in [1.29, 1.82) is 0 Å². The second kappa shape index (κ2) is 4.97.